The predicted octanol–water partition coefficient (Wildman–Crippen LogP) is 4.22. The lowest BCUT2D eigenvalue weighted by atomic mass is 9.82. The predicted molar refractivity (Wildman–Crippen MR) is 74.5 cm³/mol. The van der Waals surface area contributed by atoms with E-state index in [-0.39, 0.29) is 0 Å². The molecule has 0 fully saturated rings. The Morgan fingerprint density at radius 2 is 2.00 bits per heavy atom. The molecule has 0 saturated heterocycles. The van der Waals surface area contributed by atoms with Gasteiger partial charge in [0.2, 0.25) is 0 Å². The van der Waals surface area contributed by atoms with Gasteiger partial charge in [-0.25, -0.2) is 0 Å². The third-order valence-electron chi connectivity index (χ3n) is 3.15. The molecule has 1 aromatic carbocycles. The van der Waals surface area contributed by atoms with Crippen LogP contribution in [0.25, 0.3) is 0 Å². The van der Waals surface area contributed by atoms with Gasteiger partial charge in [0.1, 0.15) is 0 Å². The average molecular weight is 284 g/mol. The number of nitrogens with one attached hydrogen (secondary N) is 1. The fourth-order valence-corrected chi connectivity index (χ4v) is 1.83. The molecule has 1 rings (SSSR count). The zero-order valence-corrected chi connectivity index (χ0v) is 12.3. The standard InChI is InChI=1S/C14H22BrN/c1-11(14(2,3)4)9-16-10-12-6-5-7-13(15)8-12/h5-8,11,16H,9-10H2,1-4H3. The molecule has 0 saturated carbocycles. The first-order valence-electron chi connectivity index (χ1n) is 5.85. The lowest BCUT2D eigenvalue weighted by Gasteiger charge is -2.27. The van der Waals surface area contributed by atoms with E-state index in [4.69, 9.17) is 0 Å². The number of hydrogen-bond acceptors (Lipinski definition) is 1. The molecule has 0 aliphatic heterocycles. The highest BCUT2D eigenvalue weighted by molar-refractivity contribution is 9.10. The molecule has 1 aromatic rings. The van der Waals surface area contributed by atoms with Gasteiger partial charge in [0.25, 0.3) is 0 Å². The van der Waals surface area contributed by atoms with Gasteiger partial charge in [-0.05, 0) is 35.6 Å². The van der Waals surface area contributed by atoms with Gasteiger partial charge in [0.05, 0.1) is 0 Å². The van der Waals surface area contributed by atoms with E-state index >= 15 is 0 Å². The zero-order valence-electron chi connectivity index (χ0n) is 10.7. The summed E-state index contributed by atoms with van der Waals surface area (Å²) in [6.07, 6.45) is 0. The van der Waals surface area contributed by atoms with Crippen LogP contribution in [-0.2, 0) is 6.54 Å². The van der Waals surface area contributed by atoms with E-state index in [9.17, 15) is 0 Å². The first-order chi connectivity index (χ1) is 7.39. The molecule has 0 bridgehead atoms. The van der Waals surface area contributed by atoms with Crippen molar-refractivity contribution in [3.63, 3.8) is 0 Å². The maximum Gasteiger partial charge on any atom is 0.0206 e. The third-order valence-corrected chi connectivity index (χ3v) is 3.64. The summed E-state index contributed by atoms with van der Waals surface area (Å²) in [5, 5.41) is 3.51. The fraction of sp³-hybridized carbons (Fsp3) is 0.571. The highest BCUT2D eigenvalue weighted by atomic mass is 79.9. The van der Waals surface area contributed by atoms with Crippen LogP contribution in [0.3, 0.4) is 0 Å². The highest BCUT2D eigenvalue weighted by Crippen LogP contribution is 2.24. The van der Waals surface area contributed by atoms with Gasteiger partial charge >= 0.3 is 0 Å². The second-order valence-corrected chi connectivity index (χ2v) is 6.44. The van der Waals surface area contributed by atoms with Crippen molar-refractivity contribution < 1.29 is 0 Å². The normalized spacial score (nSPS) is 13.8. The van der Waals surface area contributed by atoms with Gasteiger partial charge < -0.3 is 5.32 Å². The van der Waals surface area contributed by atoms with Crippen molar-refractivity contribution in [1.29, 1.82) is 0 Å². The van der Waals surface area contributed by atoms with Crippen molar-refractivity contribution in [3.05, 3.63) is 34.3 Å². The first kappa shape index (κ1) is 13.7. The van der Waals surface area contributed by atoms with Gasteiger partial charge in [0.15, 0.2) is 0 Å². The Labute approximate surface area is 108 Å². The molecule has 0 spiro atoms. The van der Waals surface area contributed by atoms with Crippen LogP contribution in [0.5, 0.6) is 0 Å². The Morgan fingerprint density at radius 3 is 2.56 bits per heavy atom. The van der Waals surface area contributed by atoms with Gasteiger partial charge in [-0.2, -0.15) is 0 Å². The van der Waals surface area contributed by atoms with Crippen molar-refractivity contribution in [1.82, 2.24) is 5.32 Å². The van der Waals surface area contributed by atoms with Crippen molar-refractivity contribution in [3.8, 4) is 0 Å². The minimum absolute atomic E-state index is 0.379. The summed E-state index contributed by atoms with van der Waals surface area (Å²) in [5.74, 6) is 0.680. The quantitative estimate of drug-likeness (QED) is 0.872. The van der Waals surface area contributed by atoms with E-state index in [0.29, 0.717) is 11.3 Å². The molecule has 1 unspecified atom stereocenters. The van der Waals surface area contributed by atoms with E-state index in [2.05, 4.69) is 73.2 Å². The van der Waals surface area contributed by atoms with Crippen LogP contribution in [0.15, 0.2) is 28.7 Å². The minimum Gasteiger partial charge on any atom is -0.312 e. The number of rotatable bonds is 4. The van der Waals surface area contributed by atoms with E-state index in [1.54, 1.807) is 0 Å². The van der Waals surface area contributed by atoms with E-state index in [1.807, 2.05) is 0 Å². The molecule has 0 aliphatic rings. The van der Waals surface area contributed by atoms with Crippen LogP contribution in [-0.4, -0.2) is 6.54 Å². The van der Waals surface area contributed by atoms with Crippen molar-refractivity contribution in [2.24, 2.45) is 11.3 Å². The molecule has 90 valence electrons. The van der Waals surface area contributed by atoms with E-state index < -0.39 is 0 Å². The smallest absolute Gasteiger partial charge is 0.0206 e. The van der Waals surface area contributed by atoms with Gasteiger partial charge in [-0.1, -0.05) is 55.8 Å². The molecule has 0 radical (unpaired) electrons. The Hall–Kier alpha value is -0.340. The van der Waals surface area contributed by atoms with Gasteiger partial charge in [0, 0.05) is 11.0 Å². The molecular weight excluding hydrogens is 262 g/mol. The van der Waals surface area contributed by atoms with Crippen LogP contribution in [0, 0.1) is 11.3 Å². The second-order valence-electron chi connectivity index (χ2n) is 5.53. The lowest BCUT2D eigenvalue weighted by molar-refractivity contribution is 0.252. The van der Waals surface area contributed by atoms with E-state index in [0.717, 1.165) is 17.6 Å². The molecule has 1 N–H and O–H groups in total. The Balaban J connectivity index is 2.36. The van der Waals surface area contributed by atoms with Crippen LogP contribution in [0.4, 0.5) is 0 Å². The first-order valence-corrected chi connectivity index (χ1v) is 6.64. The summed E-state index contributed by atoms with van der Waals surface area (Å²) in [6.45, 7) is 11.2. The summed E-state index contributed by atoms with van der Waals surface area (Å²) < 4.78 is 1.15. The summed E-state index contributed by atoms with van der Waals surface area (Å²) >= 11 is 3.49. The molecule has 1 atom stereocenters. The molecule has 0 aromatic heterocycles. The topological polar surface area (TPSA) is 12.0 Å². The zero-order chi connectivity index (χ0) is 12.2. The van der Waals surface area contributed by atoms with Crippen LogP contribution in [0.1, 0.15) is 33.3 Å². The molecule has 0 aliphatic carbocycles. The summed E-state index contributed by atoms with van der Waals surface area (Å²) in [6, 6.07) is 8.45. The monoisotopic (exact) mass is 283 g/mol. The van der Waals surface area contributed by atoms with Crippen molar-refractivity contribution >= 4 is 15.9 Å². The van der Waals surface area contributed by atoms with Crippen molar-refractivity contribution in [2.45, 2.75) is 34.2 Å². The van der Waals surface area contributed by atoms with Crippen molar-refractivity contribution in [2.75, 3.05) is 6.54 Å². The van der Waals surface area contributed by atoms with Gasteiger partial charge in [-0.15, -0.1) is 0 Å². The Kier molecular flexibility index (Phi) is 5.00. The molecule has 1 nitrogen and oxygen atoms in total. The maximum atomic E-state index is 3.51. The number of benzene rings is 1. The minimum atomic E-state index is 0.379. The second kappa shape index (κ2) is 5.83. The molecule has 2 heteroatoms. The molecule has 0 amide bonds. The Bertz CT molecular complexity index is 328. The number of halogens is 1. The SMILES string of the molecule is CC(CNCc1cccc(Br)c1)C(C)(C)C. The molecule has 0 heterocycles. The average Bonchev–Trinajstić information content (AvgIpc) is 2.16. The summed E-state index contributed by atoms with van der Waals surface area (Å²) in [7, 11) is 0. The Morgan fingerprint density at radius 1 is 1.31 bits per heavy atom. The van der Waals surface area contributed by atoms with Crippen LogP contribution < -0.4 is 5.32 Å². The number of hydrogen-bond donors (Lipinski definition) is 1. The van der Waals surface area contributed by atoms with Crippen LogP contribution in [0.2, 0.25) is 0 Å². The maximum absolute atomic E-state index is 3.51. The lowest BCUT2D eigenvalue weighted by Crippen LogP contribution is -2.29. The summed E-state index contributed by atoms with van der Waals surface area (Å²) in [4.78, 5) is 0. The van der Waals surface area contributed by atoms with E-state index in [1.165, 1.54) is 5.56 Å². The fourth-order valence-electron chi connectivity index (χ4n) is 1.39. The van der Waals surface area contributed by atoms with Gasteiger partial charge in [-0.3, -0.25) is 0 Å². The summed E-state index contributed by atoms with van der Waals surface area (Å²) in [5.41, 5.74) is 1.71. The van der Waals surface area contributed by atoms with Crippen LogP contribution >= 0.6 is 15.9 Å². The largest absolute Gasteiger partial charge is 0.312 e. The molecular formula is C14H22BrN. The highest BCUT2D eigenvalue weighted by Gasteiger charge is 2.18. The third kappa shape index (κ3) is 4.67. The molecule has 16 heavy (non-hydrogen) atoms.